The minimum absolute atomic E-state index is 0.137. The normalized spacial score (nSPS) is 11.4. The predicted molar refractivity (Wildman–Crippen MR) is 146 cm³/mol. The molecule has 0 aliphatic rings. The molecule has 10 heteroatoms. The zero-order valence-corrected chi connectivity index (χ0v) is 21.1. The predicted octanol–water partition coefficient (Wildman–Crippen LogP) is 6.68. The second-order valence-corrected chi connectivity index (χ2v) is 8.93. The molecule has 0 atom stereocenters. The topological polar surface area (TPSA) is 106 Å². The molecule has 2 heterocycles. The third-order valence-electron chi connectivity index (χ3n) is 5.69. The van der Waals surface area contributed by atoms with E-state index in [9.17, 15) is 4.79 Å². The number of carboxylic acid groups (broad SMARTS) is 1. The van der Waals surface area contributed by atoms with Crippen molar-refractivity contribution in [2.75, 3.05) is 19.5 Å². The summed E-state index contributed by atoms with van der Waals surface area (Å²) in [6.07, 6.45) is 1.35. The monoisotopic (exact) mass is 528 g/mol. The fourth-order valence-corrected chi connectivity index (χ4v) is 4.45. The van der Waals surface area contributed by atoms with Gasteiger partial charge in [0, 0.05) is 22.9 Å². The average molecular weight is 529 g/mol. The second kappa shape index (κ2) is 10.7. The number of nitrogens with zero attached hydrogens (tertiary/aromatic N) is 3. The quantitative estimate of drug-likeness (QED) is 0.215. The zero-order chi connectivity index (χ0) is 26.6. The van der Waals surface area contributed by atoms with E-state index in [2.05, 4.69) is 15.3 Å². The third kappa shape index (κ3) is 5.16. The number of benzene rings is 3. The first-order valence-electron chi connectivity index (χ1n) is 11.4. The number of halogens is 1. The van der Waals surface area contributed by atoms with Gasteiger partial charge in [0.25, 0.3) is 0 Å². The van der Waals surface area contributed by atoms with Crippen LogP contribution in [0.4, 0.5) is 15.9 Å². The van der Waals surface area contributed by atoms with E-state index in [0.29, 0.717) is 50.2 Å². The van der Waals surface area contributed by atoms with E-state index in [4.69, 9.17) is 19.6 Å². The van der Waals surface area contributed by atoms with Crippen LogP contribution in [0, 0.1) is 0 Å². The molecule has 0 saturated heterocycles. The van der Waals surface area contributed by atoms with Crippen molar-refractivity contribution >= 4 is 51.1 Å². The molecule has 8 nitrogen and oxygen atoms in total. The van der Waals surface area contributed by atoms with Gasteiger partial charge >= 0.3 is 5.97 Å². The van der Waals surface area contributed by atoms with Crippen LogP contribution in [0.5, 0.6) is 11.5 Å². The van der Waals surface area contributed by atoms with Gasteiger partial charge in [-0.3, -0.25) is 0 Å². The molecule has 0 radical (unpaired) electrons. The minimum Gasteiger partial charge on any atom is -0.493 e. The van der Waals surface area contributed by atoms with Gasteiger partial charge in [0.15, 0.2) is 23.1 Å². The Labute approximate surface area is 221 Å². The fourth-order valence-electron chi connectivity index (χ4n) is 3.79. The summed E-state index contributed by atoms with van der Waals surface area (Å²) < 4.78 is 25.8. The number of thiazole rings is 1. The van der Waals surface area contributed by atoms with Gasteiger partial charge in [-0.15, -0.1) is 11.3 Å². The lowest BCUT2D eigenvalue weighted by molar-refractivity contribution is 0.0697. The summed E-state index contributed by atoms with van der Waals surface area (Å²) in [7, 11) is 3.14. The van der Waals surface area contributed by atoms with Crippen LogP contribution >= 0.6 is 11.3 Å². The van der Waals surface area contributed by atoms with Crippen LogP contribution in [0.2, 0.25) is 0 Å². The number of aromatic nitrogens is 3. The molecule has 3 aromatic carbocycles. The Hall–Kier alpha value is -4.83. The number of fused-ring (bicyclic) bond motifs is 1. The van der Waals surface area contributed by atoms with Crippen LogP contribution in [-0.4, -0.2) is 40.2 Å². The molecule has 0 bridgehead atoms. The van der Waals surface area contributed by atoms with Crippen molar-refractivity contribution in [2.45, 2.75) is 0 Å². The van der Waals surface area contributed by atoms with E-state index in [1.165, 1.54) is 29.5 Å². The number of aromatic carboxylic acids is 1. The molecule has 5 rings (SSSR count). The number of anilines is 2. The summed E-state index contributed by atoms with van der Waals surface area (Å²) in [5.74, 6) is 0.562. The number of methoxy groups -OCH3 is 2. The molecular formula is C28H21FN4O4S. The Kier molecular flexibility index (Phi) is 6.96. The van der Waals surface area contributed by atoms with Crippen molar-refractivity contribution in [3.8, 4) is 22.9 Å². The highest BCUT2D eigenvalue weighted by Gasteiger charge is 2.14. The van der Waals surface area contributed by atoms with E-state index in [0.717, 1.165) is 5.69 Å². The van der Waals surface area contributed by atoms with Crippen LogP contribution < -0.4 is 14.8 Å². The Balaban J connectivity index is 1.48. The lowest BCUT2D eigenvalue weighted by atomic mass is 10.1. The maximum Gasteiger partial charge on any atom is 0.335 e. The van der Waals surface area contributed by atoms with Crippen molar-refractivity contribution < 1.29 is 23.8 Å². The van der Waals surface area contributed by atoms with Crippen molar-refractivity contribution in [1.29, 1.82) is 0 Å². The fraction of sp³-hybridized carbons (Fsp3) is 0.0714. The average Bonchev–Trinajstić information content (AvgIpc) is 3.42. The van der Waals surface area contributed by atoms with Crippen molar-refractivity contribution in [3.63, 3.8) is 0 Å². The first kappa shape index (κ1) is 24.8. The van der Waals surface area contributed by atoms with E-state index >= 15 is 4.39 Å². The van der Waals surface area contributed by atoms with Crippen LogP contribution in [0.15, 0.2) is 72.2 Å². The van der Waals surface area contributed by atoms with Crippen LogP contribution in [0.3, 0.4) is 0 Å². The summed E-state index contributed by atoms with van der Waals surface area (Å²) >= 11 is 1.38. The highest BCUT2D eigenvalue weighted by molar-refractivity contribution is 7.16. The number of rotatable bonds is 8. The van der Waals surface area contributed by atoms with Crippen LogP contribution in [0.1, 0.15) is 21.5 Å². The molecule has 0 aliphatic heterocycles. The largest absolute Gasteiger partial charge is 0.493 e. The molecule has 0 amide bonds. The van der Waals surface area contributed by atoms with Gasteiger partial charge in [0.05, 0.1) is 25.3 Å². The molecule has 190 valence electrons. The molecule has 0 spiro atoms. The minimum atomic E-state index is -1.04. The number of hydrogen-bond donors (Lipinski definition) is 2. The summed E-state index contributed by atoms with van der Waals surface area (Å²) in [6, 6.07) is 18.2. The van der Waals surface area contributed by atoms with Gasteiger partial charge in [-0.1, -0.05) is 30.3 Å². The summed E-state index contributed by atoms with van der Waals surface area (Å²) in [4.78, 5) is 25.5. The molecule has 2 aromatic heterocycles. The molecule has 5 aromatic rings. The molecule has 0 saturated carbocycles. The Bertz CT molecular complexity index is 1670. The van der Waals surface area contributed by atoms with Crippen molar-refractivity contribution in [1.82, 2.24) is 15.0 Å². The number of ether oxygens (including phenoxy) is 2. The first-order valence-corrected chi connectivity index (χ1v) is 12.2. The molecular weight excluding hydrogens is 507 g/mol. The Morgan fingerprint density at radius 2 is 1.76 bits per heavy atom. The second-order valence-electron chi connectivity index (χ2n) is 8.10. The molecule has 2 N–H and O–H groups in total. The summed E-state index contributed by atoms with van der Waals surface area (Å²) in [5, 5.41) is 12.3. The number of nitrogens with one attached hydrogen (secondary N) is 1. The van der Waals surface area contributed by atoms with E-state index in [-0.39, 0.29) is 5.56 Å². The van der Waals surface area contributed by atoms with Gasteiger partial charge in [-0.2, -0.15) is 0 Å². The van der Waals surface area contributed by atoms with Gasteiger partial charge in [0.1, 0.15) is 16.2 Å². The van der Waals surface area contributed by atoms with Crippen molar-refractivity contribution in [2.24, 2.45) is 0 Å². The Morgan fingerprint density at radius 1 is 0.974 bits per heavy atom. The maximum absolute atomic E-state index is 15.1. The smallest absolute Gasteiger partial charge is 0.335 e. The number of carbonyl (C=O) groups is 1. The highest BCUT2D eigenvalue weighted by Crippen LogP contribution is 2.34. The molecule has 0 aliphatic carbocycles. The highest BCUT2D eigenvalue weighted by atomic mass is 32.1. The lowest BCUT2D eigenvalue weighted by Crippen LogP contribution is -2.00. The van der Waals surface area contributed by atoms with Crippen LogP contribution in [-0.2, 0) is 0 Å². The standard InChI is InChI=1S/C28H21FN4O4S/c1-36-22-11-10-20(14-23(22)37-2)31-26-24-27(38-15-30-24)33-25(32-26)19-5-3-4-18(13-19)21(29)12-16-6-8-17(9-7-16)28(34)35/h3-15H,1-2H3,(H,34,35)(H,31,32,33). The molecule has 38 heavy (non-hydrogen) atoms. The SMILES string of the molecule is COc1ccc(Nc2nc(-c3cccc(C(F)=Cc4ccc(C(=O)O)cc4)c3)nc3scnc23)cc1OC. The number of carboxylic acids is 1. The molecule has 0 unspecified atom stereocenters. The van der Waals surface area contributed by atoms with E-state index < -0.39 is 11.8 Å². The summed E-state index contributed by atoms with van der Waals surface area (Å²) in [5.41, 5.74) is 4.67. The van der Waals surface area contributed by atoms with Crippen molar-refractivity contribution in [3.05, 3.63) is 88.9 Å². The third-order valence-corrected chi connectivity index (χ3v) is 6.41. The number of hydrogen-bond acceptors (Lipinski definition) is 8. The van der Waals surface area contributed by atoms with Gasteiger partial charge in [-0.05, 0) is 42.0 Å². The maximum atomic E-state index is 15.1. The van der Waals surface area contributed by atoms with E-state index in [1.807, 2.05) is 6.07 Å². The first-order chi connectivity index (χ1) is 18.4. The Morgan fingerprint density at radius 3 is 2.50 bits per heavy atom. The van der Waals surface area contributed by atoms with Gasteiger partial charge < -0.3 is 19.9 Å². The van der Waals surface area contributed by atoms with E-state index in [1.54, 1.807) is 68.3 Å². The zero-order valence-electron chi connectivity index (χ0n) is 20.3. The van der Waals surface area contributed by atoms with Crippen LogP contribution in [0.25, 0.3) is 33.6 Å². The molecule has 0 fully saturated rings. The van der Waals surface area contributed by atoms with Gasteiger partial charge in [-0.25, -0.2) is 24.1 Å². The summed E-state index contributed by atoms with van der Waals surface area (Å²) in [6.45, 7) is 0. The lowest BCUT2D eigenvalue weighted by Gasteiger charge is -2.12. The van der Waals surface area contributed by atoms with Gasteiger partial charge in [0.2, 0.25) is 0 Å².